The number of para-hydroxylation sites is 1. The molecule has 8 nitrogen and oxygen atoms in total. The monoisotopic (exact) mass is 512 g/mol. The van der Waals surface area contributed by atoms with Gasteiger partial charge in [-0.1, -0.05) is 18.2 Å². The molecular formula is C27H36N2O6Si. The van der Waals surface area contributed by atoms with Gasteiger partial charge < -0.3 is 22.9 Å². The highest BCUT2D eigenvalue weighted by atomic mass is 28.4. The zero-order valence-corrected chi connectivity index (χ0v) is 22.8. The minimum absolute atomic E-state index is 0.0489. The molecule has 0 bridgehead atoms. The summed E-state index contributed by atoms with van der Waals surface area (Å²) in [5.41, 5.74) is 1.91. The minimum Gasteiger partial charge on any atom is -0.463 e. The van der Waals surface area contributed by atoms with Crippen molar-refractivity contribution in [2.45, 2.75) is 58.2 Å². The van der Waals surface area contributed by atoms with Crippen LogP contribution in [0.25, 0.3) is 6.08 Å². The zero-order valence-electron chi connectivity index (χ0n) is 21.8. The third kappa shape index (κ3) is 4.45. The van der Waals surface area contributed by atoms with Crippen LogP contribution in [0.2, 0.25) is 6.04 Å². The van der Waals surface area contributed by atoms with Gasteiger partial charge in [0.1, 0.15) is 5.75 Å². The van der Waals surface area contributed by atoms with Crippen LogP contribution < -0.4 is 9.64 Å². The summed E-state index contributed by atoms with van der Waals surface area (Å²) in [5.74, 6) is 0.635. The Morgan fingerprint density at radius 2 is 1.69 bits per heavy atom. The predicted molar refractivity (Wildman–Crippen MR) is 142 cm³/mol. The summed E-state index contributed by atoms with van der Waals surface area (Å²) in [4.78, 5) is 13.2. The average Bonchev–Trinajstić information content (AvgIpc) is 3.03. The molecule has 1 unspecified atom stereocenters. The first kappa shape index (κ1) is 26.3. The molecule has 0 saturated heterocycles. The number of nitro benzene ring substituents is 1. The third-order valence-corrected chi connectivity index (χ3v) is 10.2. The SMILES string of the molecule is CCO[Si](CCCN1c2ccccc2C(C)(C)C12C=Cc1cc([N+](=O)[O-])ccc1O2)(OCC)OCC. The van der Waals surface area contributed by atoms with Crippen LogP contribution in [0.1, 0.15) is 52.2 Å². The summed E-state index contributed by atoms with van der Waals surface area (Å²) in [6.45, 7) is 12.6. The first-order chi connectivity index (χ1) is 17.2. The molecule has 0 saturated carbocycles. The van der Waals surface area contributed by atoms with E-state index in [0.717, 1.165) is 12.1 Å². The fourth-order valence-electron chi connectivity index (χ4n) is 5.45. The first-order valence-electron chi connectivity index (χ1n) is 12.7. The van der Waals surface area contributed by atoms with E-state index in [-0.39, 0.29) is 16.0 Å². The van der Waals surface area contributed by atoms with E-state index < -0.39 is 14.5 Å². The fourth-order valence-corrected chi connectivity index (χ4v) is 8.04. The van der Waals surface area contributed by atoms with Crippen LogP contribution in [0.5, 0.6) is 5.75 Å². The van der Waals surface area contributed by atoms with Crippen LogP contribution in [0.15, 0.2) is 48.5 Å². The number of nitro groups is 1. The Labute approximate surface area is 214 Å². The van der Waals surface area contributed by atoms with Gasteiger partial charge in [-0.2, -0.15) is 0 Å². The second-order valence-corrected chi connectivity index (χ2v) is 12.2. The number of rotatable bonds is 11. The summed E-state index contributed by atoms with van der Waals surface area (Å²) >= 11 is 0. The molecule has 1 atom stereocenters. The van der Waals surface area contributed by atoms with Crippen LogP contribution in [0, 0.1) is 10.1 Å². The number of non-ortho nitro benzene ring substituents is 1. The van der Waals surface area contributed by atoms with Gasteiger partial charge >= 0.3 is 8.80 Å². The number of hydrogen-bond acceptors (Lipinski definition) is 7. The van der Waals surface area contributed by atoms with Gasteiger partial charge in [0.2, 0.25) is 5.72 Å². The van der Waals surface area contributed by atoms with Gasteiger partial charge in [-0.3, -0.25) is 10.1 Å². The van der Waals surface area contributed by atoms with E-state index in [2.05, 4.69) is 43.0 Å². The molecule has 0 radical (unpaired) electrons. The lowest BCUT2D eigenvalue weighted by Crippen LogP contribution is -2.60. The van der Waals surface area contributed by atoms with Crippen molar-refractivity contribution < 1.29 is 22.9 Å². The van der Waals surface area contributed by atoms with Gasteiger partial charge in [0.25, 0.3) is 5.69 Å². The van der Waals surface area contributed by atoms with Crippen molar-refractivity contribution >= 4 is 26.3 Å². The molecule has 194 valence electrons. The van der Waals surface area contributed by atoms with E-state index in [1.807, 2.05) is 32.9 Å². The quantitative estimate of drug-likeness (QED) is 0.209. The second kappa shape index (κ2) is 10.3. The summed E-state index contributed by atoms with van der Waals surface area (Å²) in [5, 5.41) is 11.3. The molecule has 2 heterocycles. The summed E-state index contributed by atoms with van der Waals surface area (Å²) in [6, 6.07) is 13.8. The molecule has 0 amide bonds. The van der Waals surface area contributed by atoms with Crippen molar-refractivity contribution in [3.8, 4) is 5.75 Å². The third-order valence-electron chi connectivity index (χ3n) is 7.08. The molecule has 2 aromatic rings. The highest BCUT2D eigenvalue weighted by molar-refractivity contribution is 6.60. The molecule has 0 aliphatic carbocycles. The predicted octanol–water partition coefficient (Wildman–Crippen LogP) is 5.93. The van der Waals surface area contributed by atoms with Crippen molar-refractivity contribution in [1.29, 1.82) is 0 Å². The van der Waals surface area contributed by atoms with Gasteiger partial charge in [-0.05, 0) is 70.9 Å². The van der Waals surface area contributed by atoms with E-state index in [0.29, 0.717) is 43.7 Å². The van der Waals surface area contributed by atoms with Crippen LogP contribution >= 0.6 is 0 Å². The highest BCUT2D eigenvalue weighted by Gasteiger charge is 2.58. The normalized spacial score (nSPS) is 19.8. The maximum atomic E-state index is 11.3. The van der Waals surface area contributed by atoms with Crippen molar-refractivity contribution in [2.24, 2.45) is 0 Å². The lowest BCUT2D eigenvalue weighted by Gasteiger charge is -2.47. The van der Waals surface area contributed by atoms with Crippen molar-refractivity contribution in [2.75, 3.05) is 31.3 Å². The molecule has 0 fully saturated rings. The highest BCUT2D eigenvalue weighted by Crippen LogP contribution is 2.55. The van der Waals surface area contributed by atoms with E-state index in [1.165, 1.54) is 11.6 Å². The van der Waals surface area contributed by atoms with Crippen LogP contribution in [0.4, 0.5) is 11.4 Å². The fraction of sp³-hybridized carbons (Fsp3) is 0.481. The maximum absolute atomic E-state index is 11.3. The lowest BCUT2D eigenvalue weighted by atomic mass is 9.76. The Morgan fingerprint density at radius 3 is 2.33 bits per heavy atom. The molecule has 2 aliphatic rings. The van der Waals surface area contributed by atoms with Gasteiger partial charge in [-0.25, -0.2) is 0 Å². The number of anilines is 1. The Bertz CT molecular complexity index is 1120. The van der Waals surface area contributed by atoms with Gasteiger partial charge in [0.15, 0.2) is 0 Å². The van der Waals surface area contributed by atoms with Gasteiger partial charge in [-0.15, -0.1) is 0 Å². The van der Waals surface area contributed by atoms with Crippen LogP contribution in [-0.4, -0.2) is 45.8 Å². The van der Waals surface area contributed by atoms with E-state index in [4.69, 9.17) is 18.0 Å². The lowest BCUT2D eigenvalue weighted by molar-refractivity contribution is -0.384. The molecule has 36 heavy (non-hydrogen) atoms. The smallest absolute Gasteiger partial charge is 0.463 e. The Morgan fingerprint density at radius 1 is 1.03 bits per heavy atom. The van der Waals surface area contributed by atoms with Crippen molar-refractivity contribution in [3.05, 3.63) is 69.8 Å². The summed E-state index contributed by atoms with van der Waals surface area (Å²) < 4.78 is 25.0. The number of hydrogen-bond donors (Lipinski definition) is 0. The number of ether oxygens (including phenoxy) is 1. The zero-order chi connectivity index (χ0) is 26.0. The van der Waals surface area contributed by atoms with E-state index in [9.17, 15) is 10.1 Å². The van der Waals surface area contributed by atoms with Crippen molar-refractivity contribution in [3.63, 3.8) is 0 Å². The summed E-state index contributed by atoms with van der Waals surface area (Å²) in [7, 11) is -2.78. The molecule has 0 N–H and O–H groups in total. The standard InChI is InChI=1S/C27H36N2O6Si/c1-6-32-36(33-7-2,34-8-3)19-11-18-28-24-13-10-9-12-23(24)26(4,5)27(28)17-16-21-20-22(29(30)31)14-15-25(21)35-27/h9-10,12-17,20H,6-8,11,18-19H2,1-5H3. The molecule has 9 heteroatoms. The average molecular weight is 513 g/mol. The van der Waals surface area contributed by atoms with Crippen LogP contribution in [0.3, 0.4) is 0 Å². The van der Waals surface area contributed by atoms with Gasteiger partial charge in [0.05, 0.1) is 10.3 Å². The molecule has 2 aliphatic heterocycles. The molecule has 2 aromatic carbocycles. The van der Waals surface area contributed by atoms with Crippen molar-refractivity contribution in [1.82, 2.24) is 0 Å². The Hall–Kier alpha value is -2.72. The van der Waals surface area contributed by atoms with E-state index >= 15 is 0 Å². The van der Waals surface area contributed by atoms with Gasteiger partial charge in [0, 0.05) is 55.8 Å². The van der Waals surface area contributed by atoms with Crippen LogP contribution in [-0.2, 0) is 18.7 Å². The molecule has 1 spiro atoms. The molecular weight excluding hydrogens is 476 g/mol. The minimum atomic E-state index is -2.78. The largest absolute Gasteiger partial charge is 0.500 e. The molecule has 0 aromatic heterocycles. The number of benzene rings is 2. The summed E-state index contributed by atoms with van der Waals surface area (Å²) in [6.07, 6.45) is 4.80. The maximum Gasteiger partial charge on any atom is 0.500 e. The Kier molecular flexibility index (Phi) is 7.56. The topological polar surface area (TPSA) is 83.3 Å². The number of fused-ring (bicyclic) bond motifs is 2. The molecule has 4 rings (SSSR count). The second-order valence-electron chi connectivity index (χ2n) is 9.49. The first-order valence-corrected chi connectivity index (χ1v) is 14.6. The Balaban J connectivity index is 1.67. The van der Waals surface area contributed by atoms with E-state index in [1.54, 1.807) is 12.1 Å². The number of nitrogens with zero attached hydrogens (tertiary/aromatic N) is 2.